The van der Waals surface area contributed by atoms with E-state index in [9.17, 15) is 9.59 Å². The Hall–Kier alpha value is -1.10. The summed E-state index contributed by atoms with van der Waals surface area (Å²) in [6.07, 6.45) is 0. The molecule has 2 rings (SSSR count). The van der Waals surface area contributed by atoms with Gasteiger partial charge in [0.25, 0.3) is 11.5 Å². The minimum Gasteiger partial charge on any atom is -0.279 e. The van der Waals surface area contributed by atoms with E-state index in [1.807, 2.05) is 20.8 Å². The van der Waals surface area contributed by atoms with Crippen LogP contribution in [0.5, 0.6) is 0 Å². The van der Waals surface area contributed by atoms with E-state index in [4.69, 9.17) is 0 Å². The van der Waals surface area contributed by atoms with Crippen LogP contribution < -0.4 is 5.56 Å². The molecule has 1 aromatic rings. The molecule has 1 aliphatic heterocycles. The Morgan fingerprint density at radius 1 is 1.27 bits per heavy atom. The predicted octanol–water partition coefficient (Wildman–Crippen LogP) is 1.62. The third-order valence-electron chi connectivity index (χ3n) is 2.70. The van der Waals surface area contributed by atoms with Crippen LogP contribution in [-0.4, -0.2) is 14.4 Å². The van der Waals surface area contributed by atoms with Gasteiger partial charge >= 0.3 is 0 Å². The van der Waals surface area contributed by atoms with Crippen LogP contribution in [0.1, 0.15) is 29.9 Å². The average molecular weight is 271 g/mol. The maximum Gasteiger partial charge on any atom is 0.282 e. The second kappa shape index (κ2) is 2.95. The van der Waals surface area contributed by atoms with Crippen LogP contribution in [0.25, 0.3) is 0 Å². The predicted molar refractivity (Wildman–Crippen MR) is 59.9 cm³/mol. The van der Waals surface area contributed by atoms with Crippen molar-refractivity contribution in [3.05, 3.63) is 33.7 Å². The molecule has 5 heteroatoms. The fraction of sp³-hybridized carbons (Fsp3) is 0.400. The van der Waals surface area contributed by atoms with Crippen molar-refractivity contribution in [1.29, 1.82) is 0 Å². The van der Waals surface area contributed by atoms with Crippen LogP contribution >= 0.6 is 16.1 Å². The summed E-state index contributed by atoms with van der Waals surface area (Å²) in [4.78, 5) is 23.6. The number of halogens is 1. The molecule has 4 nitrogen and oxygen atoms in total. The molecular weight excluding hydrogens is 260 g/mol. The van der Waals surface area contributed by atoms with Gasteiger partial charge in [0.15, 0.2) is 0 Å². The molecule has 1 amide bonds. The number of rotatable bonds is 0. The zero-order chi connectivity index (χ0) is 11.4. The Bertz CT molecular complexity index is 505. The lowest BCUT2D eigenvalue weighted by Gasteiger charge is -2.26. The molecule has 0 unspecified atom stereocenters. The van der Waals surface area contributed by atoms with E-state index in [0.717, 1.165) is 5.56 Å². The van der Waals surface area contributed by atoms with E-state index < -0.39 is 5.66 Å². The molecule has 0 radical (unpaired) electrons. The van der Waals surface area contributed by atoms with Crippen LogP contribution in [0, 0.1) is 6.92 Å². The van der Waals surface area contributed by atoms with Gasteiger partial charge in [-0.15, -0.1) is 0 Å². The van der Waals surface area contributed by atoms with Crippen LogP contribution in [0.2, 0.25) is 0 Å². The largest absolute Gasteiger partial charge is 0.282 e. The Morgan fingerprint density at radius 2 is 1.87 bits per heavy atom. The summed E-state index contributed by atoms with van der Waals surface area (Å²) in [7, 11) is 0. The van der Waals surface area contributed by atoms with Gasteiger partial charge in [-0.3, -0.25) is 14.2 Å². The number of nitrogens with zero attached hydrogens (tertiary/aromatic N) is 2. The van der Waals surface area contributed by atoms with E-state index in [0.29, 0.717) is 5.69 Å². The first kappa shape index (κ1) is 10.4. The molecule has 1 aliphatic rings. The number of pyridine rings is 1. The first-order valence-corrected chi connectivity index (χ1v) is 5.32. The van der Waals surface area contributed by atoms with Gasteiger partial charge in [-0.1, -0.05) is 6.07 Å². The van der Waals surface area contributed by atoms with Crippen LogP contribution in [-0.2, 0) is 5.66 Å². The standard InChI is InChI=1S/C10H11BrN2O2/c1-6-4-5-7(14)12-8(6)9(15)13(11)10(12,2)3/h4-5H,1-3H3. The van der Waals surface area contributed by atoms with Gasteiger partial charge in [-0.25, -0.2) is 3.93 Å². The van der Waals surface area contributed by atoms with E-state index in [1.54, 1.807) is 6.07 Å². The molecule has 0 saturated carbocycles. The van der Waals surface area contributed by atoms with E-state index in [2.05, 4.69) is 16.1 Å². The van der Waals surface area contributed by atoms with Gasteiger partial charge in [0.2, 0.25) is 0 Å². The fourth-order valence-electron chi connectivity index (χ4n) is 1.87. The first-order chi connectivity index (χ1) is 6.87. The van der Waals surface area contributed by atoms with Gasteiger partial charge in [-0.05, 0) is 26.3 Å². The highest BCUT2D eigenvalue weighted by Crippen LogP contribution is 2.33. The molecule has 1 aromatic heterocycles. The van der Waals surface area contributed by atoms with Crippen molar-refractivity contribution < 1.29 is 4.79 Å². The highest BCUT2D eigenvalue weighted by atomic mass is 79.9. The maximum atomic E-state index is 11.9. The number of hydrogen-bond donors (Lipinski definition) is 0. The summed E-state index contributed by atoms with van der Waals surface area (Å²) in [5.41, 5.74) is 0.463. The van der Waals surface area contributed by atoms with E-state index in [1.165, 1.54) is 14.6 Å². The minimum atomic E-state index is -0.657. The van der Waals surface area contributed by atoms with Crippen LogP contribution in [0.3, 0.4) is 0 Å². The Balaban J connectivity index is 2.88. The SMILES string of the molecule is Cc1ccc(=O)n2c1C(=O)N(Br)C2(C)C. The topological polar surface area (TPSA) is 42.3 Å². The lowest BCUT2D eigenvalue weighted by Crippen LogP contribution is -2.40. The summed E-state index contributed by atoms with van der Waals surface area (Å²) in [6, 6.07) is 3.16. The van der Waals surface area contributed by atoms with Crippen molar-refractivity contribution >= 4 is 22.1 Å². The van der Waals surface area contributed by atoms with Gasteiger partial charge in [0.05, 0.1) is 16.1 Å². The zero-order valence-corrected chi connectivity index (χ0v) is 10.3. The molecule has 0 aromatic carbocycles. The summed E-state index contributed by atoms with van der Waals surface area (Å²) < 4.78 is 2.92. The molecule has 80 valence electrons. The van der Waals surface area contributed by atoms with Crippen molar-refractivity contribution in [2.45, 2.75) is 26.4 Å². The zero-order valence-electron chi connectivity index (χ0n) is 8.74. The summed E-state index contributed by atoms with van der Waals surface area (Å²) >= 11 is 3.20. The highest BCUT2D eigenvalue weighted by molar-refractivity contribution is 9.07. The monoisotopic (exact) mass is 270 g/mol. The smallest absolute Gasteiger partial charge is 0.279 e. The Morgan fingerprint density at radius 3 is 2.40 bits per heavy atom. The third-order valence-corrected chi connectivity index (χ3v) is 3.89. The number of aromatic nitrogens is 1. The number of hydrogen-bond acceptors (Lipinski definition) is 2. The lowest BCUT2D eigenvalue weighted by atomic mass is 10.2. The van der Waals surface area contributed by atoms with Gasteiger partial charge < -0.3 is 0 Å². The molecule has 0 aliphatic carbocycles. The van der Waals surface area contributed by atoms with E-state index in [-0.39, 0.29) is 11.5 Å². The molecule has 15 heavy (non-hydrogen) atoms. The molecule has 0 bridgehead atoms. The number of fused-ring (bicyclic) bond motifs is 1. The van der Waals surface area contributed by atoms with Crippen molar-refractivity contribution in [2.75, 3.05) is 0 Å². The molecule has 0 fully saturated rings. The number of aryl methyl sites for hydroxylation is 1. The van der Waals surface area contributed by atoms with Crippen molar-refractivity contribution in [1.82, 2.24) is 8.49 Å². The molecule has 2 heterocycles. The second-order valence-corrected chi connectivity index (χ2v) is 4.83. The first-order valence-electron chi connectivity index (χ1n) is 4.61. The third kappa shape index (κ3) is 1.19. The summed E-state index contributed by atoms with van der Waals surface area (Å²) in [6.45, 7) is 5.46. The van der Waals surface area contributed by atoms with E-state index >= 15 is 0 Å². The van der Waals surface area contributed by atoms with Crippen LogP contribution in [0.15, 0.2) is 16.9 Å². The lowest BCUT2D eigenvalue weighted by molar-refractivity contribution is 0.0802. The molecule has 0 spiro atoms. The molecule has 0 saturated heterocycles. The summed E-state index contributed by atoms with van der Waals surface area (Å²) in [5.74, 6) is -0.171. The molecule has 0 atom stereocenters. The average Bonchev–Trinajstić information content (AvgIpc) is 2.34. The summed E-state index contributed by atoms with van der Waals surface area (Å²) in [5, 5.41) is 0. The van der Waals surface area contributed by atoms with Crippen molar-refractivity contribution in [3.63, 3.8) is 0 Å². The molecular formula is C10H11BrN2O2. The van der Waals surface area contributed by atoms with Gasteiger partial charge in [0, 0.05) is 6.07 Å². The Kier molecular flexibility index (Phi) is 2.05. The maximum absolute atomic E-state index is 11.9. The van der Waals surface area contributed by atoms with Crippen molar-refractivity contribution in [3.8, 4) is 0 Å². The van der Waals surface area contributed by atoms with Gasteiger partial charge in [-0.2, -0.15) is 0 Å². The fourth-order valence-corrected chi connectivity index (χ4v) is 2.20. The number of amides is 1. The minimum absolute atomic E-state index is 0.157. The molecule has 0 N–H and O–H groups in total. The van der Waals surface area contributed by atoms with Crippen molar-refractivity contribution in [2.24, 2.45) is 0 Å². The Labute approximate surface area is 95.8 Å². The quantitative estimate of drug-likeness (QED) is 0.673. The number of carbonyl (C=O) groups is 1. The second-order valence-electron chi connectivity index (χ2n) is 4.12. The number of carbonyl (C=O) groups excluding carboxylic acids is 1. The van der Waals surface area contributed by atoms with Gasteiger partial charge in [0.1, 0.15) is 11.4 Å². The van der Waals surface area contributed by atoms with Crippen LogP contribution in [0.4, 0.5) is 0 Å². The normalized spacial score (nSPS) is 18.1. The highest BCUT2D eigenvalue weighted by Gasteiger charge is 2.43.